The molecule has 0 radical (unpaired) electrons. The predicted molar refractivity (Wildman–Crippen MR) is 74.7 cm³/mol. The van der Waals surface area contributed by atoms with Crippen LogP contribution in [0.5, 0.6) is 0 Å². The fourth-order valence-electron chi connectivity index (χ4n) is 1.33. The first-order valence-electron chi connectivity index (χ1n) is 5.72. The fourth-order valence-corrected chi connectivity index (χ4v) is 1.33. The number of benzene rings is 2. The van der Waals surface area contributed by atoms with Gasteiger partial charge in [-0.3, -0.25) is 9.59 Å². The van der Waals surface area contributed by atoms with Crippen LogP contribution in [0.4, 0.5) is 0 Å². The van der Waals surface area contributed by atoms with Crippen LogP contribution in [-0.2, 0) is 0 Å². The van der Waals surface area contributed by atoms with Gasteiger partial charge in [0.25, 0.3) is 0 Å². The van der Waals surface area contributed by atoms with Crippen molar-refractivity contribution in [2.24, 2.45) is 11.5 Å². The van der Waals surface area contributed by atoms with Crippen LogP contribution in [-0.4, -0.2) is 11.8 Å². The highest BCUT2D eigenvalue weighted by Gasteiger charge is 2.02. The number of primary amides is 2. The monoisotopic (exact) mass is 256 g/mol. The van der Waals surface area contributed by atoms with Gasteiger partial charge in [-0.25, -0.2) is 0 Å². The van der Waals surface area contributed by atoms with Gasteiger partial charge in [-0.1, -0.05) is 35.9 Å². The lowest BCUT2D eigenvalue weighted by Crippen LogP contribution is -2.13. The van der Waals surface area contributed by atoms with Gasteiger partial charge in [-0.05, 0) is 31.2 Å². The van der Waals surface area contributed by atoms with Gasteiger partial charge in [-0.2, -0.15) is 0 Å². The number of hydrogen-bond acceptors (Lipinski definition) is 2. The van der Waals surface area contributed by atoms with Gasteiger partial charge < -0.3 is 11.5 Å². The number of rotatable bonds is 2. The van der Waals surface area contributed by atoms with E-state index >= 15 is 0 Å². The molecule has 0 unspecified atom stereocenters. The van der Waals surface area contributed by atoms with Crippen molar-refractivity contribution in [3.63, 3.8) is 0 Å². The molecule has 4 N–H and O–H groups in total. The summed E-state index contributed by atoms with van der Waals surface area (Å²) in [6.07, 6.45) is 0. The normalized spacial score (nSPS) is 9.11. The highest BCUT2D eigenvalue weighted by Crippen LogP contribution is 2.02. The van der Waals surface area contributed by atoms with Gasteiger partial charge in [0.1, 0.15) is 0 Å². The number of carbonyl (C=O) groups excluding carboxylic acids is 2. The Bertz CT molecular complexity index is 515. The molecule has 98 valence electrons. The van der Waals surface area contributed by atoms with Gasteiger partial charge in [0.15, 0.2) is 0 Å². The minimum absolute atomic E-state index is 0.361. The summed E-state index contributed by atoms with van der Waals surface area (Å²) >= 11 is 0. The predicted octanol–water partition coefficient (Wildman–Crippen LogP) is 1.88. The number of aryl methyl sites for hydroxylation is 1. The van der Waals surface area contributed by atoms with E-state index in [0.717, 1.165) is 0 Å². The van der Waals surface area contributed by atoms with Crippen molar-refractivity contribution in [3.8, 4) is 0 Å². The number of carbonyl (C=O) groups is 2. The maximum Gasteiger partial charge on any atom is 0.248 e. The topological polar surface area (TPSA) is 86.2 Å². The van der Waals surface area contributed by atoms with Crippen LogP contribution in [0.15, 0.2) is 54.6 Å². The Morgan fingerprint density at radius 3 is 1.32 bits per heavy atom. The molecule has 0 aliphatic carbocycles. The second-order valence-electron chi connectivity index (χ2n) is 3.96. The Balaban J connectivity index is 0.000000218. The van der Waals surface area contributed by atoms with E-state index in [4.69, 9.17) is 11.5 Å². The molecule has 4 nitrogen and oxygen atoms in total. The molecular formula is C15H16N2O2. The summed E-state index contributed by atoms with van der Waals surface area (Å²) < 4.78 is 0. The van der Waals surface area contributed by atoms with Crippen LogP contribution < -0.4 is 11.5 Å². The van der Waals surface area contributed by atoms with E-state index in [2.05, 4.69) is 19.1 Å². The van der Waals surface area contributed by atoms with Crippen molar-refractivity contribution in [3.05, 3.63) is 71.3 Å². The summed E-state index contributed by atoms with van der Waals surface area (Å²) in [5.74, 6) is -1.04. The zero-order valence-electron chi connectivity index (χ0n) is 10.7. The molecular weight excluding hydrogens is 240 g/mol. The molecule has 2 aromatic carbocycles. The zero-order chi connectivity index (χ0) is 14.3. The Labute approximate surface area is 112 Å². The molecule has 0 bridgehead atoms. The molecule has 0 saturated carbocycles. The van der Waals surface area contributed by atoms with Gasteiger partial charge in [0.2, 0.25) is 11.8 Å². The molecule has 2 amide bonds. The molecule has 4 heteroatoms. The molecule has 0 aliphatic heterocycles. The third-order valence-corrected chi connectivity index (χ3v) is 2.39. The van der Waals surface area contributed by atoms with Crippen LogP contribution >= 0.6 is 0 Å². The second kappa shape index (κ2) is 6.96. The molecule has 0 atom stereocenters. The Kier molecular flexibility index (Phi) is 5.29. The highest BCUT2D eigenvalue weighted by atomic mass is 16.1. The number of hydrogen-bond donors (Lipinski definition) is 2. The average Bonchev–Trinajstić information content (AvgIpc) is 2.40. The molecule has 0 aromatic heterocycles. The zero-order valence-corrected chi connectivity index (χ0v) is 10.7. The number of amides is 2. The van der Waals surface area contributed by atoms with E-state index in [9.17, 15) is 9.59 Å². The first-order valence-corrected chi connectivity index (χ1v) is 5.72. The van der Waals surface area contributed by atoms with Gasteiger partial charge in [0.05, 0.1) is 0 Å². The molecule has 0 fully saturated rings. The summed E-state index contributed by atoms with van der Waals surface area (Å²) in [5.41, 5.74) is 12.0. The van der Waals surface area contributed by atoms with E-state index < -0.39 is 11.8 Å². The lowest BCUT2D eigenvalue weighted by Gasteiger charge is -1.96. The third kappa shape index (κ3) is 5.04. The minimum Gasteiger partial charge on any atom is -0.366 e. The Morgan fingerprint density at radius 2 is 1.11 bits per heavy atom. The van der Waals surface area contributed by atoms with Gasteiger partial charge >= 0.3 is 0 Å². The molecule has 2 aromatic rings. The van der Waals surface area contributed by atoms with Crippen molar-refractivity contribution in [1.82, 2.24) is 0 Å². The molecule has 0 heterocycles. The van der Waals surface area contributed by atoms with Crippen molar-refractivity contribution >= 4 is 11.8 Å². The summed E-state index contributed by atoms with van der Waals surface area (Å²) in [5, 5.41) is 0. The molecule has 19 heavy (non-hydrogen) atoms. The molecule has 0 saturated heterocycles. The van der Waals surface area contributed by atoms with Crippen LogP contribution in [0.2, 0.25) is 0 Å². The lowest BCUT2D eigenvalue weighted by atomic mass is 10.1. The number of nitrogens with two attached hydrogens (primary N) is 2. The van der Waals surface area contributed by atoms with Crippen LogP contribution in [0, 0.1) is 6.92 Å². The summed E-state index contributed by atoms with van der Waals surface area (Å²) in [6, 6.07) is 16.1. The van der Waals surface area contributed by atoms with E-state index in [-0.39, 0.29) is 0 Å². The lowest BCUT2D eigenvalue weighted by molar-refractivity contribution is 0.0988. The first-order chi connectivity index (χ1) is 9.00. The smallest absolute Gasteiger partial charge is 0.248 e. The van der Waals surface area contributed by atoms with Crippen LogP contribution in [0.3, 0.4) is 0 Å². The van der Waals surface area contributed by atoms with E-state index in [1.54, 1.807) is 0 Å². The van der Waals surface area contributed by atoms with Crippen molar-refractivity contribution in [2.45, 2.75) is 6.92 Å². The fraction of sp³-hybridized carbons (Fsp3) is 0.0667. The third-order valence-electron chi connectivity index (χ3n) is 2.39. The largest absolute Gasteiger partial charge is 0.366 e. The summed E-state index contributed by atoms with van der Waals surface area (Å²) in [6.45, 7) is 2.08. The standard InChI is InChI=1S/C8H8N2O2.C7H8/c9-7(11)5-1-2-6(4-3-5)8(10)12;1-7-5-3-2-4-6-7/h1-4H,(H2,9,11)(H2,10,12);2-6H,1H3. The maximum absolute atomic E-state index is 10.6. The first kappa shape index (κ1) is 14.4. The minimum atomic E-state index is -0.522. The quantitative estimate of drug-likeness (QED) is 0.859. The van der Waals surface area contributed by atoms with Crippen molar-refractivity contribution in [2.75, 3.05) is 0 Å². The molecule has 2 rings (SSSR count). The average molecular weight is 256 g/mol. The van der Waals surface area contributed by atoms with Gasteiger partial charge in [0, 0.05) is 11.1 Å². The van der Waals surface area contributed by atoms with Crippen LogP contribution in [0.25, 0.3) is 0 Å². The highest BCUT2D eigenvalue weighted by molar-refractivity contribution is 5.96. The molecule has 0 aliphatic rings. The van der Waals surface area contributed by atoms with Crippen molar-refractivity contribution in [1.29, 1.82) is 0 Å². The van der Waals surface area contributed by atoms with Crippen LogP contribution in [0.1, 0.15) is 26.3 Å². The van der Waals surface area contributed by atoms with E-state index in [1.807, 2.05) is 18.2 Å². The van der Waals surface area contributed by atoms with E-state index in [1.165, 1.54) is 29.8 Å². The van der Waals surface area contributed by atoms with E-state index in [0.29, 0.717) is 11.1 Å². The van der Waals surface area contributed by atoms with Gasteiger partial charge in [-0.15, -0.1) is 0 Å². The summed E-state index contributed by atoms with van der Waals surface area (Å²) in [4.78, 5) is 21.2. The Hall–Kier alpha value is -2.62. The molecule has 0 spiro atoms. The SMILES string of the molecule is Cc1ccccc1.NC(=O)c1ccc(C(N)=O)cc1. The summed E-state index contributed by atoms with van der Waals surface area (Å²) in [7, 11) is 0. The second-order valence-corrected chi connectivity index (χ2v) is 3.96. The maximum atomic E-state index is 10.6. The Morgan fingerprint density at radius 1 is 0.737 bits per heavy atom. The van der Waals surface area contributed by atoms with Crippen molar-refractivity contribution < 1.29 is 9.59 Å².